The van der Waals surface area contributed by atoms with E-state index in [1.807, 2.05) is 30.1 Å². The molecule has 8 nitrogen and oxygen atoms in total. The molecule has 1 aromatic carbocycles. The Balaban J connectivity index is 1.73. The van der Waals surface area contributed by atoms with E-state index in [9.17, 15) is 9.90 Å². The van der Waals surface area contributed by atoms with Crippen LogP contribution in [0.25, 0.3) is 0 Å². The summed E-state index contributed by atoms with van der Waals surface area (Å²) < 4.78 is 5.73. The number of hydrogen-bond acceptors (Lipinski definition) is 8. The first-order valence-electron chi connectivity index (χ1n) is 11.5. The molecule has 0 aliphatic carbocycles. The van der Waals surface area contributed by atoms with Gasteiger partial charge in [-0.15, -0.1) is 0 Å². The molecule has 0 amide bonds. The van der Waals surface area contributed by atoms with Crippen LogP contribution in [0.1, 0.15) is 40.3 Å². The lowest BCUT2D eigenvalue weighted by Crippen LogP contribution is -2.50. The Kier molecular flexibility index (Phi) is 9.56. The van der Waals surface area contributed by atoms with E-state index in [1.54, 1.807) is 32.4 Å². The molecule has 1 saturated heterocycles. The smallest absolute Gasteiger partial charge is 0.150 e. The molecule has 1 aromatic heterocycles. The predicted molar refractivity (Wildman–Crippen MR) is 132 cm³/mol. The van der Waals surface area contributed by atoms with Crippen molar-refractivity contribution in [2.24, 2.45) is 0 Å². The highest BCUT2D eigenvalue weighted by molar-refractivity contribution is 6.30. The second-order valence-electron chi connectivity index (χ2n) is 9.05. The van der Waals surface area contributed by atoms with Gasteiger partial charge in [0.25, 0.3) is 0 Å². The van der Waals surface area contributed by atoms with E-state index < -0.39 is 11.8 Å². The minimum absolute atomic E-state index is 0.159. The number of β-amino-alcohol motifs (C(OH)–C–C–N with tert-alkyl or cyclic N) is 2. The van der Waals surface area contributed by atoms with Gasteiger partial charge in [0, 0.05) is 70.2 Å². The van der Waals surface area contributed by atoms with Crippen LogP contribution in [0.15, 0.2) is 36.5 Å². The highest BCUT2D eigenvalue weighted by Gasteiger charge is 2.30. The maximum Gasteiger partial charge on any atom is 0.150 e. The molecular weight excluding hydrogens is 456 g/mol. The number of aldehydes is 1. The first-order chi connectivity index (χ1) is 16.3. The number of benzene rings is 1. The van der Waals surface area contributed by atoms with Crippen molar-refractivity contribution < 1.29 is 19.7 Å². The number of pyridine rings is 1. The summed E-state index contributed by atoms with van der Waals surface area (Å²) in [6.45, 7) is 6.96. The maximum atomic E-state index is 12.0. The molecule has 1 aliphatic heterocycles. The number of nitrogens with zero attached hydrogens (tertiary/aromatic N) is 4. The summed E-state index contributed by atoms with van der Waals surface area (Å²) in [6.07, 6.45) is 1.95. The van der Waals surface area contributed by atoms with Gasteiger partial charge in [0.2, 0.25) is 0 Å². The van der Waals surface area contributed by atoms with Gasteiger partial charge in [0.05, 0.1) is 22.9 Å². The summed E-state index contributed by atoms with van der Waals surface area (Å²) in [5.41, 5.74) is 1.62. The summed E-state index contributed by atoms with van der Waals surface area (Å²) in [5, 5.41) is 21.0. The lowest BCUT2D eigenvalue weighted by atomic mass is 9.91. The highest BCUT2D eigenvalue weighted by Crippen LogP contribution is 2.30. The zero-order valence-electron chi connectivity index (χ0n) is 20.2. The van der Waals surface area contributed by atoms with Gasteiger partial charge in [-0.25, -0.2) is 0 Å². The Morgan fingerprint density at radius 3 is 2.53 bits per heavy atom. The van der Waals surface area contributed by atoms with E-state index in [-0.39, 0.29) is 6.61 Å². The third kappa shape index (κ3) is 6.82. The molecular formula is C25H35ClN4O4. The van der Waals surface area contributed by atoms with E-state index >= 15 is 0 Å². The Labute approximate surface area is 206 Å². The van der Waals surface area contributed by atoms with Gasteiger partial charge in [0.15, 0.2) is 0 Å². The van der Waals surface area contributed by atoms with Gasteiger partial charge in [-0.2, -0.15) is 0 Å². The number of aliphatic hydroxyl groups excluding tert-OH is 1. The molecule has 0 saturated carbocycles. The SMILES string of the molecule is COC(c1ccc(C(C)(O)CN2CCN(CCO)CC2)cc1C=O)N(C)Cc1ccc(Cl)cn1. The highest BCUT2D eigenvalue weighted by atomic mass is 35.5. The Morgan fingerprint density at radius 2 is 1.94 bits per heavy atom. The van der Waals surface area contributed by atoms with Crippen LogP contribution >= 0.6 is 11.6 Å². The molecule has 9 heteroatoms. The molecule has 3 rings (SSSR count). The van der Waals surface area contributed by atoms with E-state index in [1.165, 1.54) is 0 Å². The number of carbonyl (C=O) groups is 1. The summed E-state index contributed by atoms with van der Waals surface area (Å²) >= 11 is 5.93. The van der Waals surface area contributed by atoms with Gasteiger partial charge >= 0.3 is 0 Å². The number of aromatic nitrogens is 1. The van der Waals surface area contributed by atoms with Crippen LogP contribution in [-0.4, -0.2) is 96.2 Å². The number of rotatable bonds is 11. The molecule has 2 atom stereocenters. The van der Waals surface area contributed by atoms with Crippen LogP contribution in [0.5, 0.6) is 0 Å². The normalized spacial score (nSPS) is 18.1. The second kappa shape index (κ2) is 12.2. The fourth-order valence-corrected chi connectivity index (χ4v) is 4.57. The number of methoxy groups -OCH3 is 1. The number of hydrogen-bond donors (Lipinski definition) is 2. The fourth-order valence-electron chi connectivity index (χ4n) is 4.46. The van der Waals surface area contributed by atoms with E-state index in [4.69, 9.17) is 21.4 Å². The quantitative estimate of drug-likeness (QED) is 0.366. The van der Waals surface area contributed by atoms with Gasteiger partial charge in [-0.3, -0.25) is 24.5 Å². The van der Waals surface area contributed by atoms with Crippen molar-refractivity contribution in [1.29, 1.82) is 0 Å². The molecule has 2 unspecified atom stereocenters. The van der Waals surface area contributed by atoms with Gasteiger partial charge in [-0.05, 0) is 37.7 Å². The van der Waals surface area contributed by atoms with Crippen molar-refractivity contribution in [2.75, 3.05) is 60.0 Å². The van der Waals surface area contributed by atoms with Crippen LogP contribution in [0.4, 0.5) is 0 Å². The minimum Gasteiger partial charge on any atom is -0.395 e. The standard InChI is InChI=1S/C25H35ClN4O4/c1-25(33,18-30-10-8-29(9-11-30)12-13-31)20-4-7-23(19(14-20)17-32)24(34-3)28(2)16-22-6-5-21(26)15-27-22/h4-7,14-15,17,24,31,33H,8-13,16,18H2,1-3H3. The van der Waals surface area contributed by atoms with E-state index in [0.717, 1.165) is 43.7 Å². The molecule has 2 N–H and O–H groups in total. The minimum atomic E-state index is -1.11. The second-order valence-corrected chi connectivity index (χ2v) is 9.48. The molecule has 1 fully saturated rings. The average molecular weight is 491 g/mol. The van der Waals surface area contributed by atoms with Crippen LogP contribution in [0, 0.1) is 0 Å². The number of ether oxygens (including phenoxy) is 1. The number of piperazine rings is 1. The molecule has 34 heavy (non-hydrogen) atoms. The molecule has 0 radical (unpaired) electrons. The topological polar surface area (TPSA) is 89.4 Å². The third-order valence-corrected chi connectivity index (χ3v) is 6.56. The average Bonchev–Trinajstić information content (AvgIpc) is 2.82. The monoisotopic (exact) mass is 490 g/mol. The van der Waals surface area contributed by atoms with Crippen molar-refractivity contribution >= 4 is 17.9 Å². The Hall–Kier alpha value is -1.91. The third-order valence-electron chi connectivity index (χ3n) is 6.34. The van der Waals surface area contributed by atoms with Gasteiger partial charge < -0.3 is 14.9 Å². The first kappa shape index (κ1) is 26.7. The van der Waals surface area contributed by atoms with Crippen molar-refractivity contribution in [2.45, 2.75) is 25.3 Å². The lowest BCUT2D eigenvalue weighted by Gasteiger charge is -2.38. The van der Waals surface area contributed by atoms with Gasteiger partial charge in [-0.1, -0.05) is 23.7 Å². The molecule has 0 bridgehead atoms. The molecule has 0 spiro atoms. The predicted octanol–water partition coefficient (Wildman–Crippen LogP) is 2.14. The molecule has 186 valence electrons. The Morgan fingerprint density at radius 1 is 1.24 bits per heavy atom. The van der Waals surface area contributed by atoms with Crippen LogP contribution in [0.3, 0.4) is 0 Å². The number of aliphatic hydroxyl groups is 2. The maximum absolute atomic E-state index is 12.0. The van der Waals surface area contributed by atoms with E-state index in [2.05, 4.69) is 14.8 Å². The first-order valence-corrected chi connectivity index (χ1v) is 11.9. The zero-order valence-corrected chi connectivity index (χ0v) is 20.9. The lowest BCUT2D eigenvalue weighted by molar-refractivity contribution is -0.0257. The van der Waals surface area contributed by atoms with Crippen molar-refractivity contribution in [1.82, 2.24) is 19.7 Å². The van der Waals surface area contributed by atoms with Crippen molar-refractivity contribution in [3.05, 3.63) is 63.9 Å². The van der Waals surface area contributed by atoms with Crippen molar-refractivity contribution in [3.8, 4) is 0 Å². The van der Waals surface area contributed by atoms with Crippen LogP contribution in [0.2, 0.25) is 5.02 Å². The Bertz CT molecular complexity index is 933. The van der Waals surface area contributed by atoms with E-state index in [0.29, 0.717) is 35.8 Å². The summed E-state index contributed by atoms with van der Waals surface area (Å²) in [6, 6.07) is 9.12. The van der Waals surface area contributed by atoms with Gasteiger partial charge in [0.1, 0.15) is 12.5 Å². The number of halogens is 1. The summed E-state index contributed by atoms with van der Waals surface area (Å²) in [5.74, 6) is 0. The fraction of sp³-hybridized carbons (Fsp3) is 0.520. The van der Waals surface area contributed by atoms with Crippen molar-refractivity contribution in [3.63, 3.8) is 0 Å². The molecule has 1 aliphatic rings. The zero-order chi connectivity index (χ0) is 24.7. The van der Waals surface area contributed by atoms with Crippen LogP contribution in [-0.2, 0) is 16.9 Å². The summed E-state index contributed by atoms with van der Waals surface area (Å²) in [4.78, 5) is 22.7. The molecule has 2 aromatic rings. The largest absolute Gasteiger partial charge is 0.395 e. The summed E-state index contributed by atoms with van der Waals surface area (Å²) in [7, 11) is 3.51. The number of carbonyl (C=O) groups excluding carboxylic acids is 1. The van der Waals surface area contributed by atoms with Crippen LogP contribution < -0.4 is 0 Å². The molecule has 2 heterocycles.